The van der Waals surface area contributed by atoms with Crippen LogP contribution in [0, 0.1) is 0 Å². The van der Waals surface area contributed by atoms with Gasteiger partial charge in [0.1, 0.15) is 12.7 Å². The average Bonchev–Trinajstić information content (AvgIpc) is 2.56. The molecule has 0 aromatic rings. The molecule has 0 aliphatic rings. The van der Waals surface area contributed by atoms with E-state index in [4.69, 9.17) is 18.9 Å². The standard InChI is InChI=1S/C16H31N3O6/c1-13(2)15(20)24-10-9-23-8-7-22-6-5-19-16(21)25-14(11-17-3)12-18-4/h14,17-18H,1,5-12H2,2-4H3,(H,19,21). The Bertz CT molecular complexity index is 386. The lowest BCUT2D eigenvalue weighted by atomic mass is 10.3. The van der Waals surface area contributed by atoms with Crippen LogP contribution in [0.1, 0.15) is 6.92 Å². The van der Waals surface area contributed by atoms with Crippen molar-refractivity contribution in [3.05, 3.63) is 12.2 Å². The summed E-state index contributed by atoms with van der Waals surface area (Å²) in [6.45, 7) is 8.15. The van der Waals surface area contributed by atoms with Crippen molar-refractivity contribution in [1.82, 2.24) is 16.0 Å². The summed E-state index contributed by atoms with van der Waals surface area (Å²) in [6.07, 6.45) is -0.710. The summed E-state index contributed by atoms with van der Waals surface area (Å²) in [5, 5.41) is 8.53. The van der Waals surface area contributed by atoms with Gasteiger partial charge in [0.05, 0.1) is 26.4 Å². The Morgan fingerprint density at radius 1 is 0.960 bits per heavy atom. The molecule has 0 bridgehead atoms. The summed E-state index contributed by atoms with van der Waals surface area (Å²) in [4.78, 5) is 22.7. The SMILES string of the molecule is C=C(C)C(=O)OCCOCCOCCNC(=O)OC(CNC)CNC. The zero-order valence-electron chi connectivity index (χ0n) is 15.4. The molecule has 25 heavy (non-hydrogen) atoms. The zero-order valence-corrected chi connectivity index (χ0v) is 15.4. The lowest BCUT2D eigenvalue weighted by Crippen LogP contribution is -2.40. The molecule has 0 rings (SSSR count). The van der Waals surface area contributed by atoms with Crippen LogP contribution in [0.5, 0.6) is 0 Å². The topological polar surface area (TPSA) is 107 Å². The van der Waals surface area contributed by atoms with Gasteiger partial charge in [-0.3, -0.25) is 0 Å². The van der Waals surface area contributed by atoms with E-state index in [-0.39, 0.29) is 12.7 Å². The largest absolute Gasteiger partial charge is 0.460 e. The second-order valence-electron chi connectivity index (χ2n) is 5.21. The summed E-state index contributed by atoms with van der Waals surface area (Å²) in [5.74, 6) is -0.426. The van der Waals surface area contributed by atoms with Gasteiger partial charge in [-0.05, 0) is 21.0 Å². The fraction of sp³-hybridized carbons (Fsp3) is 0.750. The fourth-order valence-electron chi connectivity index (χ4n) is 1.67. The van der Waals surface area contributed by atoms with Crippen LogP contribution in [0.4, 0.5) is 4.79 Å². The van der Waals surface area contributed by atoms with Gasteiger partial charge in [0.2, 0.25) is 0 Å². The fourth-order valence-corrected chi connectivity index (χ4v) is 1.67. The molecule has 0 aliphatic carbocycles. The van der Waals surface area contributed by atoms with Gasteiger partial charge < -0.3 is 34.9 Å². The van der Waals surface area contributed by atoms with E-state index >= 15 is 0 Å². The van der Waals surface area contributed by atoms with Crippen molar-refractivity contribution in [1.29, 1.82) is 0 Å². The van der Waals surface area contributed by atoms with Crippen LogP contribution in [0.2, 0.25) is 0 Å². The maximum atomic E-state index is 11.6. The van der Waals surface area contributed by atoms with Gasteiger partial charge in [0.15, 0.2) is 0 Å². The first-order valence-electron chi connectivity index (χ1n) is 8.23. The van der Waals surface area contributed by atoms with E-state index in [0.29, 0.717) is 51.6 Å². The van der Waals surface area contributed by atoms with Crippen LogP contribution in [0.25, 0.3) is 0 Å². The van der Waals surface area contributed by atoms with Crippen LogP contribution in [-0.2, 0) is 23.7 Å². The smallest absolute Gasteiger partial charge is 0.407 e. The monoisotopic (exact) mass is 361 g/mol. The molecule has 0 atom stereocenters. The molecule has 0 aromatic carbocycles. The Hall–Kier alpha value is -1.68. The summed E-state index contributed by atoms with van der Waals surface area (Å²) in [5.41, 5.74) is 0.359. The number of carbonyl (C=O) groups excluding carboxylic acids is 2. The van der Waals surface area contributed by atoms with Gasteiger partial charge in [-0.1, -0.05) is 6.58 Å². The number of hydrogen-bond acceptors (Lipinski definition) is 8. The molecule has 0 heterocycles. The van der Waals surface area contributed by atoms with E-state index in [1.807, 2.05) is 0 Å². The number of carbonyl (C=O) groups is 2. The highest BCUT2D eigenvalue weighted by molar-refractivity contribution is 5.86. The van der Waals surface area contributed by atoms with Gasteiger partial charge in [0.25, 0.3) is 0 Å². The van der Waals surface area contributed by atoms with Crippen molar-refractivity contribution in [3.63, 3.8) is 0 Å². The number of likely N-dealkylation sites (N-methyl/N-ethyl adjacent to an activating group) is 2. The predicted molar refractivity (Wildman–Crippen MR) is 93.5 cm³/mol. The number of hydrogen-bond donors (Lipinski definition) is 3. The lowest BCUT2D eigenvalue weighted by Gasteiger charge is -2.17. The summed E-state index contributed by atoms with van der Waals surface area (Å²) in [6, 6.07) is 0. The Morgan fingerprint density at radius 3 is 2.08 bits per heavy atom. The molecule has 0 saturated carbocycles. The second-order valence-corrected chi connectivity index (χ2v) is 5.21. The number of amides is 1. The Labute approximate surface area is 149 Å². The minimum Gasteiger partial charge on any atom is -0.460 e. The van der Waals surface area contributed by atoms with Gasteiger partial charge >= 0.3 is 12.1 Å². The highest BCUT2D eigenvalue weighted by Crippen LogP contribution is 1.92. The molecule has 3 N–H and O–H groups in total. The van der Waals surface area contributed by atoms with Crippen molar-refractivity contribution in [2.24, 2.45) is 0 Å². The first-order valence-corrected chi connectivity index (χ1v) is 8.23. The van der Waals surface area contributed by atoms with Crippen molar-refractivity contribution in [3.8, 4) is 0 Å². The normalized spacial score (nSPS) is 10.6. The van der Waals surface area contributed by atoms with Crippen LogP contribution in [-0.4, -0.2) is 84.9 Å². The minimum absolute atomic E-state index is 0.180. The molecule has 0 saturated heterocycles. The Kier molecular flexibility index (Phi) is 14.8. The number of rotatable bonds is 15. The van der Waals surface area contributed by atoms with E-state index in [9.17, 15) is 9.59 Å². The van der Waals surface area contributed by atoms with E-state index in [1.54, 1.807) is 21.0 Å². The first-order chi connectivity index (χ1) is 12.0. The van der Waals surface area contributed by atoms with E-state index in [1.165, 1.54) is 0 Å². The number of ether oxygens (including phenoxy) is 4. The van der Waals surface area contributed by atoms with Crippen LogP contribution in [0.3, 0.4) is 0 Å². The number of nitrogens with one attached hydrogen (secondary N) is 3. The van der Waals surface area contributed by atoms with E-state index < -0.39 is 12.1 Å². The lowest BCUT2D eigenvalue weighted by molar-refractivity contribution is -0.140. The third-order valence-corrected chi connectivity index (χ3v) is 2.83. The molecule has 0 spiro atoms. The van der Waals surface area contributed by atoms with Crippen molar-refractivity contribution in [2.45, 2.75) is 13.0 Å². The molecule has 0 aromatic heterocycles. The molecular weight excluding hydrogens is 330 g/mol. The van der Waals surface area contributed by atoms with Gasteiger partial charge in [0, 0.05) is 25.2 Å². The van der Waals surface area contributed by atoms with Crippen molar-refractivity contribution < 1.29 is 28.5 Å². The van der Waals surface area contributed by atoms with Gasteiger partial charge in [-0.25, -0.2) is 9.59 Å². The van der Waals surface area contributed by atoms with Crippen LogP contribution < -0.4 is 16.0 Å². The van der Waals surface area contributed by atoms with Gasteiger partial charge in [-0.15, -0.1) is 0 Å². The molecule has 0 unspecified atom stereocenters. The van der Waals surface area contributed by atoms with Crippen LogP contribution >= 0.6 is 0 Å². The Balaban J connectivity index is 3.46. The predicted octanol–water partition coefficient (Wildman–Crippen LogP) is -0.327. The molecule has 1 amide bonds. The minimum atomic E-state index is -0.477. The van der Waals surface area contributed by atoms with Crippen molar-refractivity contribution >= 4 is 12.1 Å². The average molecular weight is 361 g/mol. The molecule has 9 heteroatoms. The Morgan fingerprint density at radius 2 is 1.52 bits per heavy atom. The molecule has 0 radical (unpaired) electrons. The van der Waals surface area contributed by atoms with Gasteiger partial charge in [-0.2, -0.15) is 0 Å². The maximum absolute atomic E-state index is 11.6. The summed E-state index contributed by atoms with van der Waals surface area (Å²) < 4.78 is 20.7. The third kappa shape index (κ3) is 14.4. The second kappa shape index (κ2) is 15.8. The maximum Gasteiger partial charge on any atom is 0.407 e. The molecule has 9 nitrogen and oxygen atoms in total. The number of alkyl carbamates (subject to hydrolysis) is 1. The quantitative estimate of drug-likeness (QED) is 0.207. The zero-order chi connectivity index (χ0) is 18.9. The molecule has 146 valence electrons. The van der Waals surface area contributed by atoms with E-state index in [0.717, 1.165) is 0 Å². The van der Waals surface area contributed by atoms with Crippen LogP contribution in [0.15, 0.2) is 12.2 Å². The molecular formula is C16H31N3O6. The summed E-state index contributed by atoms with van der Waals surface area (Å²) in [7, 11) is 3.59. The molecule has 0 fully saturated rings. The molecule has 0 aliphatic heterocycles. The third-order valence-electron chi connectivity index (χ3n) is 2.83. The summed E-state index contributed by atoms with van der Waals surface area (Å²) >= 11 is 0. The van der Waals surface area contributed by atoms with E-state index in [2.05, 4.69) is 22.5 Å². The first kappa shape index (κ1) is 23.3. The van der Waals surface area contributed by atoms with Crippen molar-refractivity contribution in [2.75, 3.05) is 66.8 Å². The highest BCUT2D eigenvalue weighted by atomic mass is 16.6. The number of esters is 1. The highest BCUT2D eigenvalue weighted by Gasteiger charge is 2.12.